The van der Waals surface area contributed by atoms with Gasteiger partial charge in [0.1, 0.15) is 4.60 Å². The number of aryl methyl sites for hydroxylation is 1. The van der Waals surface area contributed by atoms with Gasteiger partial charge in [-0.25, -0.2) is 4.98 Å². The number of hydrogen-bond donors (Lipinski definition) is 2. The van der Waals surface area contributed by atoms with E-state index in [1.165, 1.54) is 0 Å². The zero-order valence-corrected chi connectivity index (χ0v) is 11.5. The van der Waals surface area contributed by atoms with Gasteiger partial charge in [0.25, 0.3) is 0 Å². The second kappa shape index (κ2) is 5.14. The van der Waals surface area contributed by atoms with Gasteiger partial charge in [0.15, 0.2) is 0 Å². The number of carbonyl (C=O) groups is 1. The van der Waals surface area contributed by atoms with Crippen molar-refractivity contribution in [3.05, 3.63) is 22.4 Å². The van der Waals surface area contributed by atoms with E-state index in [4.69, 9.17) is 0 Å². The van der Waals surface area contributed by atoms with Crippen molar-refractivity contribution in [3.63, 3.8) is 0 Å². The molecule has 0 aliphatic carbocycles. The summed E-state index contributed by atoms with van der Waals surface area (Å²) in [5.74, 6) is 0.418. The maximum atomic E-state index is 12.0. The fourth-order valence-corrected chi connectivity index (χ4v) is 2.46. The second-order valence-electron chi connectivity index (χ2n) is 4.45. The summed E-state index contributed by atoms with van der Waals surface area (Å²) in [6, 6.07) is 3.61. The Bertz CT molecular complexity index is 436. The summed E-state index contributed by atoms with van der Waals surface area (Å²) in [6.07, 6.45) is 1.05. The van der Waals surface area contributed by atoms with Crippen LogP contribution < -0.4 is 10.6 Å². The highest BCUT2D eigenvalue weighted by Crippen LogP contribution is 2.19. The monoisotopic (exact) mass is 297 g/mol. The quantitative estimate of drug-likeness (QED) is 0.822. The third-order valence-electron chi connectivity index (χ3n) is 3.13. The molecule has 2 N–H and O–H groups in total. The molecule has 0 saturated carbocycles. The molecule has 1 aliphatic heterocycles. The number of rotatable bonds is 2. The zero-order valence-electron chi connectivity index (χ0n) is 9.96. The molecular weight excluding hydrogens is 282 g/mol. The van der Waals surface area contributed by atoms with Crippen molar-refractivity contribution in [3.8, 4) is 0 Å². The summed E-state index contributed by atoms with van der Waals surface area (Å²) in [5.41, 5.74) is 1.59. The van der Waals surface area contributed by atoms with Gasteiger partial charge in [0, 0.05) is 0 Å². The van der Waals surface area contributed by atoms with Gasteiger partial charge in [-0.05, 0) is 53.9 Å². The lowest BCUT2D eigenvalue weighted by Gasteiger charge is -2.16. The van der Waals surface area contributed by atoms with Crippen molar-refractivity contribution >= 4 is 27.5 Å². The molecule has 1 aromatic rings. The average molecular weight is 298 g/mol. The summed E-state index contributed by atoms with van der Waals surface area (Å²) >= 11 is 3.30. The molecule has 1 amide bonds. The molecule has 0 radical (unpaired) electrons. The van der Waals surface area contributed by atoms with Crippen LogP contribution in [0.3, 0.4) is 0 Å². The van der Waals surface area contributed by atoms with Gasteiger partial charge in [-0.3, -0.25) is 4.79 Å². The van der Waals surface area contributed by atoms with E-state index < -0.39 is 0 Å². The topological polar surface area (TPSA) is 54.0 Å². The molecular formula is C12H16BrN3O. The van der Waals surface area contributed by atoms with Crippen molar-refractivity contribution in [2.75, 3.05) is 11.9 Å². The van der Waals surface area contributed by atoms with E-state index >= 15 is 0 Å². The van der Waals surface area contributed by atoms with Gasteiger partial charge in [0.05, 0.1) is 17.4 Å². The van der Waals surface area contributed by atoms with Crippen LogP contribution >= 0.6 is 15.9 Å². The number of nitrogens with zero attached hydrogens (tertiary/aromatic N) is 1. The summed E-state index contributed by atoms with van der Waals surface area (Å²) in [4.78, 5) is 16.3. The van der Waals surface area contributed by atoms with E-state index in [9.17, 15) is 4.79 Å². The molecule has 4 nitrogen and oxygen atoms in total. The number of nitrogens with one attached hydrogen (secondary N) is 2. The lowest BCUT2D eigenvalue weighted by molar-refractivity contribution is -0.118. The van der Waals surface area contributed by atoms with Gasteiger partial charge < -0.3 is 10.6 Å². The SMILES string of the molecule is Cc1nc(Br)ccc1NC(=O)C1NCCC1C. The van der Waals surface area contributed by atoms with E-state index in [0.29, 0.717) is 5.92 Å². The molecule has 0 bridgehead atoms. The third-order valence-corrected chi connectivity index (χ3v) is 3.57. The van der Waals surface area contributed by atoms with Crippen LogP contribution in [-0.4, -0.2) is 23.5 Å². The van der Waals surface area contributed by atoms with Crippen LogP contribution in [0.2, 0.25) is 0 Å². The summed E-state index contributed by atoms with van der Waals surface area (Å²) in [7, 11) is 0. The van der Waals surface area contributed by atoms with Gasteiger partial charge in [0.2, 0.25) is 5.91 Å². The molecule has 2 unspecified atom stereocenters. The number of carbonyl (C=O) groups excluding carboxylic acids is 1. The third kappa shape index (κ3) is 2.84. The van der Waals surface area contributed by atoms with Gasteiger partial charge in [-0.15, -0.1) is 0 Å². The van der Waals surface area contributed by atoms with Crippen LogP contribution in [0.1, 0.15) is 19.0 Å². The van der Waals surface area contributed by atoms with Crippen molar-refractivity contribution in [1.29, 1.82) is 0 Å². The van der Waals surface area contributed by atoms with Crippen LogP contribution in [0.25, 0.3) is 0 Å². The highest BCUT2D eigenvalue weighted by Gasteiger charge is 2.29. The van der Waals surface area contributed by atoms with Crippen LogP contribution in [0.5, 0.6) is 0 Å². The normalized spacial score (nSPS) is 23.7. The Morgan fingerprint density at radius 2 is 2.35 bits per heavy atom. The Labute approximate surface area is 109 Å². The molecule has 1 fully saturated rings. The Morgan fingerprint density at radius 1 is 1.59 bits per heavy atom. The maximum absolute atomic E-state index is 12.0. The number of halogens is 1. The zero-order chi connectivity index (χ0) is 12.4. The lowest BCUT2D eigenvalue weighted by atomic mass is 10.0. The van der Waals surface area contributed by atoms with Gasteiger partial charge in [-0.1, -0.05) is 6.92 Å². The number of aromatic nitrogens is 1. The fourth-order valence-electron chi connectivity index (χ4n) is 2.06. The van der Waals surface area contributed by atoms with Crippen molar-refractivity contribution < 1.29 is 4.79 Å². The minimum absolute atomic E-state index is 0.0298. The maximum Gasteiger partial charge on any atom is 0.241 e. The van der Waals surface area contributed by atoms with E-state index in [2.05, 4.69) is 38.5 Å². The predicted molar refractivity (Wildman–Crippen MR) is 70.9 cm³/mol. The lowest BCUT2D eigenvalue weighted by Crippen LogP contribution is -2.39. The Balaban J connectivity index is 2.07. The Morgan fingerprint density at radius 3 is 2.94 bits per heavy atom. The first-order valence-corrected chi connectivity index (χ1v) is 6.54. The van der Waals surface area contributed by atoms with Crippen LogP contribution in [0.15, 0.2) is 16.7 Å². The van der Waals surface area contributed by atoms with Crippen LogP contribution in [-0.2, 0) is 4.79 Å². The molecule has 5 heteroatoms. The number of hydrogen-bond acceptors (Lipinski definition) is 3. The van der Waals surface area contributed by atoms with Crippen LogP contribution in [0.4, 0.5) is 5.69 Å². The molecule has 2 heterocycles. The first kappa shape index (κ1) is 12.5. The molecule has 0 spiro atoms. The molecule has 1 saturated heterocycles. The molecule has 92 valence electrons. The number of amides is 1. The Kier molecular flexibility index (Phi) is 3.79. The standard InChI is InChI=1S/C12H16BrN3O/c1-7-5-6-14-11(7)12(17)16-9-3-4-10(13)15-8(9)2/h3-4,7,11,14H,5-6H2,1-2H3,(H,16,17). The number of pyridine rings is 1. The minimum Gasteiger partial charge on any atom is -0.323 e. The average Bonchev–Trinajstić information content (AvgIpc) is 2.68. The molecule has 1 aromatic heterocycles. The smallest absolute Gasteiger partial charge is 0.241 e. The highest BCUT2D eigenvalue weighted by atomic mass is 79.9. The van der Waals surface area contributed by atoms with Crippen molar-refractivity contribution in [2.45, 2.75) is 26.3 Å². The molecule has 2 atom stereocenters. The van der Waals surface area contributed by atoms with Gasteiger partial charge >= 0.3 is 0 Å². The first-order chi connectivity index (χ1) is 8.08. The van der Waals surface area contributed by atoms with Crippen molar-refractivity contribution in [1.82, 2.24) is 10.3 Å². The molecule has 1 aliphatic rings. The summed E-state index contributed by atoms with van der Waals surface area (Å²) in [6.45, 7) is 4.89. The van der Waals surface area contributed by atoms with E-state index in [1.54, 1.807) is 0 Å². The first-order valence-electron chi connectivity index (χ1n) is 5.75. The molecule has 0 aromatic carbocycles. The highest BCUT2D eigenvalue weighted by molar-refractivity contribution is 9.10. The predicted octanol–water partition coefficient (Wildman–Crippen LogP) is 2.09. The van der Waals surface area contributed by atoms with Crippen molar-refractivity contribution in [2.24, 2.45) is 5.92 Å². The van der Waals surface area contributed by atoms with E-state index in [0.717, 1.165) is 29.0 Å². The van der Waals surface area contributed by atoms with E-state index in [1.807, 2.05) is 19.1 Å². The summed E-state index contributed by atoms with van der Waals surface area (Å²) in [5, 5.41) is 6.14. The largest absolute Gasteiger partial charge is 0.323 e. The van der Waals surface area contributed by atoms with Crippen LogP contribution in [0, 0.1) is 12.8 Å². The van der Waals surface area contributed by atoms with E-state index in [-0.39, 0.29) is 11.9 Å². The Hall–Kier alpha value is -0.940. The number of anilines is 1. The second-order valence-corrected chi connectivity index (χ2v) is 5.27. The molecule has 2 rings (SSSR count). The summed E-state index contributed by atoms with van der Waals surface area (Å²) < 4.78 is 0.778. The van der Waals surface area contributed by atoms with Gasteiger partial charge in [-0.2, -0.15) is 0 Å². The molecule has 17 heavy (non-hydrogen) atoms. The minimum atomic E-state index is -0.0851. The fraction of sp³-hybridized carbons (Fsp3) is 0.500.